The first-order chi connectivity index (χ1) is 14.7. The number of carbonyl (C=O) groups is 2. The van der Waals surface area contributed by atoms with Crippen LogP contribution in [0.1, 0.15) is 74.6 Å². The molecule has 3 aliphatic rings. The number of hydrogen-bond donors (Lipinski definition) is 0. The van der Waals surface area contributed by atoms with Crippen LogP contribution < -0.4 is 4.74 Å². The highest BCUT2D eigenvalue weighted by molar-refractivity contribution is 5.97. The summed E-state index contributed by atoms with van der Waals surface area (Å²) in [4.78, 5) is 29.7. The van der Waals surface area contributed by atoms with E-state index in [1.54, 1.807) is 0 Å². The zero-order valence-corrected chi connectivity index (χ0v) is 18.2. The Hall–Kier alpha value is -2.04. The van der Waals surface area contributed by atoms with E-state index in [1.807, 2.05) is 29.2 Å². The van der Waals surface area contributed by atoms with Gasteiger partial charge in [0, 0.05) is 38.5 Å². The number of nitrogens with zero attached hydrogens (tertiary/aromatic N) is 2. The third kappa shape index (κ3) is 5.35. The van der Waals surface area contributed by atoms with E-state index in [2.05, 4.69) is 4.90 Å². The van der Waals surface area contributed by atoms with Crippen LogP contribution in [0.15, 0.2) is 24.3 Å². The van der Waals surface area contributed by atoms with E-state index in [0.29, 0.717) is 35.7 Å². The Morgan fingerprint density at radius 2 is 1.53 bits per heavy atom. The molecule has 0 spiro atoms. The molecule has 5 nitrogen and oxygen atoms in total. The van der Waals surface area contributed by atoms with Crippen molar-refractivity contribution < 1.29 is 14.3 Å². The van der Waals surface area contributed by atoms with E-state index in [-0.39, 0.29) is 5.91 Å². The zero-order valence-electron chi connectivity index (χ0n) is 18.2. The number of amides is 2. The molecular formula is C25H36N2O3. The largest absolute Gasteiger partial charge is 0.492 e. The Labute approximate surface area is 180 Å². The molecule has 0 radical (unpaired) electrons. The second kappa shape index (κ2) is 10.3. The maximum absolute atomic E-state index is 13.0. The SMILES string of the molecule is O=C(CC1CCCC1)N1CCCC(COc2ccccc2C(=O)N2CCCCC2)C1. The molecule has 1 atom stereocenters. The number of para-hydroxylation sites is 1. The Kier molecular flexibility index (Phi) is 7.29. The van der Waals surface area contributed by atoms with Crippen molar-refractivity contribution in [1.29, 1.82) is 0 Å². The molecule has 30 heavy (non-hydrogen) atoms. The summed E-state index contributed by atoms with van der Waals surface area (Å²) in [5, 5.41) is 0. The van der Waals surface area contributed by atoms with E-state index in [1.165, 1.54) is 32.1 Å². The summed E-state index contributed by atoms with van der Waals surface area (Å²) in [6.45, 7) is 3.92. The summed E-state index contributed by atoms with van der Waals surface area (Å²) < 4.78 is 6.16. The molecule has 0 bridgehead atoms. The summed E-state index contributed by atoms with van der Waals surface area (Å²) in [5.41, 5.74) is 0.671. The fraction of sp³-hybridized carbons (Fsp3) is 0.680. The highest BCUT2D eigenvalue weighted by atomic mass is 16.5. The standard InChI is InChI=1S/C25H36N2O3/c28-24(17-20-9-2-3-10-20)27-16-8-11-21(18-27)19-30-23-13-5-4-12-22(23)25(29)26-14-6-1-7-15-26/h4-5,12-13,20-21H,1-3,6-11,14-19H2. The normalized spacial score (nSPS) is 22.9. The molecule has 1 aromatic rings. The van der Waals surface area contributed by atoms with Crippen molar-refractivity contribution in [2.75, 3.05) is 32.8 Å². The third-order valence-electron chi connectivity index (χ3n) is 7.05. The van der Waals surface area contributed by atoms with Crippen LogP contribution in [0, 0.1) is 11.8 Å². The van der Waals surface area contributed by atoms with Gasteiger partial charge in [-0.05, 0) is 63.0 Å². The molecule has 2 aliphatic heterocycles. The number of piperidine rings is 2. The molecule has 2 heterocycles. The van der Waals surface area contributed by atoms with E-state index < -0.39 is 0 Å². The summed E-state index contributed by atoms with van der Waals surface area (Å²) in [6, 6.07) is 7.63. The minimum absolute atomic E-state index is 0.0855. The maximum atomic E-state index is 13.0. The van der Waals surface area contributed by atoms with Crippen LogP contribution >= 0.6 is 0 Å². The maximum Gasteiger partial charge on any atom is 0.257 e. The second-order valence-corrected chi connectivity index (χ2v) is 9.36. The van der Waals surface area contributed by atoms with E-state index in [0.717, 1.165) is 58.3 Å². The zero-order chi connectivity index (χ0) is 20.8. The summed E-state index contributed by atoms with van der Waals surface area (Å²) in [5.74, 6) is 2.03. The molecule has 1 aliphatic carbocycles. The molecule has 1 saturated carbocycles. The van der Waals surface area contributed by atoms with Gasteiger partial charge in [-0.2, -0.15) is 0 Å². The smallest absolute Gasteiger partial charge is 0.257 e. The number of ether oxygens (including phenoxy) is 1. The van der Waals surface area contributed by atoms with Gasteiger partial charge < -0.3 is 14.5 Å². The molecule has 164 valence electrons. The van der Waals surface area contributed by atoms with Gasteiger partial charge in [-0.15, -0.1) is 0 Å². The van der Waals surface area contributed by atoms with Gasteiger partial charge >= 0.3 is 0 Å². The van der Waals surface area contributed by atoms with Gasteiger partial charge in [0.15, 0.2) is 0 Å². The topological polar surface area (TPSA) is 49.9 Å². The molecular weight excluding hydrogens is 376 g/mol. The molecule has 0 N–H and O–H groups in total. The highest BCUT2D eigenvalue weighted by Gasteiger charge is 2.28. The van der Waals surface area contributed by atoms with Crippen molar-refractivity contribution in [2.45, 2.75) is 64.2 Å². The van der Waals surface area contributed by atoms with Gasteiger partial charge in [-0.3, -0.25) is 9.59 Å². The monoisotopic (exact) mass is 412 g/mol. The molecule has 3 fully saturated rings. The van der Waals surface area contributed by atoms with Gasteiger partial charge in [0.05, 0.1) is 12.2 Å². The third-order valence-corrected chi connectivity index (χ3v) is 7.05. The van der Waals surface area contributed by atoms with E-state index >= 15 is 0 Å². The Bertz CT molecular complexity index is 723. The van der Waals surface area contributed by atoms with Crippen LogP contribution in [0.5, 0.6) is 5.75 Å². The van der Waals surface area contributed by atoms with Gasteiger partial charge in [0.1, 0.15) is 5.75 Å². The van der Waals surface area contributed by atoms with Crippen LogP contribution in [0.25, 0.3) is 0 Å². The quantitative estimate of drug-likeness (QED) is 0.691. The van der Waals surface area contributed by atoms with Gasteiger partial charge in [-0.25, -0.2) is 0 Å². The lowest BCUT2D eigenvalue weighted by Crippen LogP contribution is -2.42. The van der Waals surface area contributed by atoms with Crippen molar-refractivity contribution >= 4 is 11.8 Å². The number of hydrogen-bond acceptors (Lipinski definition) is 3. The molecule has 5 heteroatoms. The van der Waals surface area contributed by atoms with Crippen molar-refractivity contribution in [3.63, 3.8) is 0 Å². The Balaban J connectivity index is 1.32. The van der Waals surface area contributed by atoms with Crippen molar-refractivity contribution in [2.24, 2.45) is 11.8 Å². The lowest BCUT2D eigenvalue weighted by Gasteiger charge is -2.33. The van der Waals surface area contributed by atoms with Gasteiger partial charge in [0.25, 0.3) is 5.91 Å². The average Bonchev–Trinajstić information content (AvgIpc) is 3.31. The first kappa shape index (κ1) is 21.2. The lowest BCUT2D eigenvalue weighted by atomic mass is 9.97. The first-order valence-corrected chi connectivity index (χ1v) is 12.0. The highest BCUT2D eigenvalue weighted by Crippen LogP contribution is 2.29. The van der Waals surface area contributed by atoms with Gasteiger partial charge in [-0.1, -0.05) is 25.0 Å². The van der Waals surface area contributed by atoms with Gasteiger partial charge in [0.2, 0.25) is 5.91 Å². The predicted octanol–water partition coefficient (Wildman–Crippen LogP) is 4.51. The number of carbonyl (C=O) groups excluding carboxylic acids is 2. The minimum Gasteiger partial charge on any atom is -0.492 e. The van der Waals surface area contributed by atoms with Crippen molar-refractivity contribution in [3.05, 3.63) is 29.8 Å². The summed E-state index contributed by atoms with van der Waals surface area (Å²) in [7, 11) is 0. The van der Waals surface area contributed by atoms with Crippen LogP contribution in [0.4, 0.5) is 0 Å². The average molecular weight is 413 g/mol. The first-order valence-electron chi connectivity index (χ1n) is 12.0. The van der Waals surface area contributed by atoms with E-state index in [9.17, 15) is 9.59 Å². The van der Waals surface area contributed by atoms with Crippen molar-refractivity contribution in [3.8, 4) is 5.75 Å². The predicted molar refractivity (Wildman–Crippen MR) is 118 cm³/mol. The second-order valence-electron chi connectivity index (χ2n) is 9.36. The molecule has 2 amide bonds. The van der Waals surface area contributed by atoms with Crippen molar-refractivity contribution in [1.82, 2.24) is 9.80 Å². The summed E-state index contributed by atoms with van der Waals surface area (Å²) in [6.07, 6.45) is 11.2. The van der Waals surface area contributed by atoms with Crippen LogP contribution in [0.2, 0.25) is 0 Å². The van der Waals surface area contributed by atoms with Crippen LogP contribution in [0.3, 0.4) is 0 Å². The molecule has 4 rings (SSSR count). The van der Waals surface area contributed by atoms with Crippen LogP contribution in [-0.4, -0.2) is 54.4 Å². The minimum atomic E-state index is 0.0855. The Morgan fingerprint density at radius 3 is 2.33 bits per heavy atom. The molecule has 0 aromatic heterocycles. The summed E-state index contributed by atoms with van der Waals surface area (Å²) >= 11 is 0. The fourth-order valence-corrected chi connectivity index (χ4v) is 5.26. The molecule has 1 unspecified atom stereocenters. The molecule has 1 aromatic carbocycles. The van der Waals surface area contributed by atoms with E-state index in [4.69, 9.17) is 4.74 Å². The lowest BCUT2D eigenvalue weighted by molar-refractivity contribution is -0.134. The fourth-order valence-electron chi connectivity index (χ4n) is 5.26. The number of rotatable bonds is 6. The Morgan fingerprint density at radius 1 is 0.833 bits per heavy atom. The molecule has 2 saturated heterocycles. The van der Waals surface area contributed by atoms with Crippen LogP contribution in [-0.2, 0) is 4.79 Å². The number of likely N-dealkylation sites (tertiary alicyclic amines) is 2. The number of benzene rings is 1.